The highest BCUT2D eigenvalue weighted by atomic mass is 16.5. The summed E-state index contributed by atoms with van der Waals surface area (Å²) in [5.74, 6) is 0.456. The number of ether oxygens (including phenoxy) is 1. The van der Waals surface area contributed by atoms with Crippen molar-refractivity contribution < 1.29 is 4.74 Å². The van der Waals surface area contributed by atoms with Gasteiger partial charge in [0, 0.05) is 30.2 Å². The van der Waals surface area contributed by atoms with Gasteiger partial charge in [0.05, 0.1) is 18.9 Å². The van der Waals surface area contributed by atoms with Gasteiger partial charge in [0.2, 0.25) is 0 Å². The van der Waals surface area contributed by atoms with Gasteiger partial charge in [0.1, 0.15) is 0 Å². The van der Waals surface area contributed by atoms with Crippen LogP contribution in [0, 0.1) is 0 Å². The molecule has 4 rings (SSSR count). The lowest BCUT2D eigenvalue weighted by Crippen LogP contribution is -2.46. The fourth-order valence-corrected chi connectivity index (χ4v) is 3.68. The van der Waals surface area contributed by atoms with Crippen molar-refractivity contribution in [2.75, 3.05) is 19.8 Å². The molecule has 1 saturated heterocycles. The first-order valence-electron chi connectivity index (χ1n) is 8.39. The van der Waals surface area contributed by atoms with Crippen LogP contribution in [0.5, 0.6) is 0 Å². The quantitative estimate of drug-likeness (QED) is 0.863. The van der Waals surface area contributed by atoms with Crippen LogP contribution >= 0.6 is 0 Å². The molecule has 22 heavy (non-hydrogen) atoms. The average Bonchev–Trinajstić information content (AvgIpc) is 3.30. The zero-order valence-electron chi connectivity index (χ0n) is 13.5. The molecule has 116 valence electrons. The molecule has 1 aromatic carbocycles. The highest BCUT2D eigenvalue weighted by Gasteiger charge is 2.49. The van der Waals surface area contributed by atoms with Crippen molar-refractivity contribution in [3.63, 3.8) is 0 Å². The Balaban J connectivity index is 1.72. The van der Waals surface area contributed by atoms with Gasteiger partial charge in [0.15, 0.2) is 0 Å². The fraction of sp³-hybridized carbons (Fsp3) is 0.526. The third-order valence-electron chi connectivity index (χ3n) is 5.19. The first kappa shape index (κ1) is 14.2. The van der Waals surface area contributed by atoms with Crippen LogP contribution in [0.2, 0.25) is 0 Å². The van der Waals surface area contributed by atoms with Crippen LogP contribution in [-0.4, -0.2) is 35.2 Å². The van der Waals surface area contributed by atoms with E-state index in [4.69, 9.17) is 9.72 Å². The normalized spacial score (nSPS) is 20.9. The zero-order chi connectivity index (χ0) is 15.2. The molecule has 1 saturated carbocycles. The molecule has 2 aliphatic rings. The maximum Gasteiger partial charge on any atom is 0.0651 e. The monoisotopic (exact) mass is 296 g/mol. The number of benzene rings is 1. The second-order valence-electron chi connectivity index (χ2n) is 7.07. The lowest BCUT2D eigenvalue weighted by atomic mass is 9.98. The van der Waals surface area contributed by atoms with Crippen molar-refractivity contribution >= 4 is 10.8 Å². The summed E-state index contributed by atoms with van der Waals surface area (Å²) in [6, 6.07) is 8.73. The third-order valence-corrected chi connectivity index (χ3v) is 5.19. The minimum atomic E-state index is 0.329. The summed E-state index contributed by atoms with van der Waals surface area (Å²) in [5, 5.41) is 2.68. The number of pyridine rings is 1. The van der Waals surface area contributed by atoms with Gasteiger partial charge in [-0.2, -0.15) is 0 Å². The molecule has 0 amide bonds. The molecule has 2 fully saturated rings. The van der Waals surface area contributed by atoms with Crippen LogP contribution in [0.25, 0.3) is 10.8 Å². The largest absolute Gasteiger partial charge is 0.378 e. The van der Waals surface area contributed by atoms with Crippen molar-refractivity contribution in [1.82, 2.24) is 9.88 Å². The van der Waals surface area contributed by atoms with Gasteiger partial charge in [-0.1, -0.05) is 38.1 Å². The number of hydrogen-bond acceptors (Lipinski definition) is 3. The minimum absolute atomic E-state index is 0.329. The number of fused-ring (bicyclic) bond motifs is 1. The lowest BCUT2D eigenvalue weighted by Gasteiger charge is -2.36. The van der Waals surface area contributed by atoms with Gasteiger partial charge in [-0.15, -0.1) is 0 Å². The van der Waals surface area contributed by atoms with Crippen LogP contribution in [-0.2, 0) is 11.3 Å². The van der Waals surface area contributed by atoms with E-state index in [0.717, 1.165) is 26.3 Å². The summed E-state index contributed by atoms with van der Waals surface area (Å²) in [7, 11) is 0. The SMILES string of the molecule is CC(C)c1ncc(CN2CCOCC23CC3)c2ccccc12. The first-order chi connectivity index (χ1) is 10.7. The van der Waals surface area contributed by atoms with E-state index in [0.29, 0.717) is 11.5 Å². The zero-order valence-corrected chi connectivity index (χ0v) is 13.5. The molecule has 2 heterocycles. The highest BCUT2D eigenvalue weighted by molar-refractivity contribution is 5.87. The summed E-state index contributed by atoms with van der Waals surface area (Å²) in [4.78, 5) is 7.40. The second-order valence-corrected chi connectivity index (χ2v) is 7.07. The van der Waals surface area contributed by atoms with E-state index in [1.165, 1.54) is 34.9 Å². The topological polar surface area (TPSA) is 25.4 Å². The van der Waals surface area contributed by atoms with Crippen molar-refractivity contribution in [2.24, 2.45) is 0 Å². The summed E-state index contributed by atoms with van der Waals surface area (Å²) in [6.45, 7) is 8.24. The molecule has 1 aliphatic carbocycles. The smallest absolute Gasteiger partial charge is 0.0651 e. The molecule has 3 heteroatoms. The Morgan fingerprint density at radius 1 is 1.23 bits per heavy atom. The van der Waals surface area contributed by atoms with Gasteiger partial charge in [-0.3, -0.25) is 9.88 Å². The summed E-state index contributed by atoms with van der Waals surface area (Å²) >= 11 is 0. The van der Waals surface area contributed by atoms with Crippen LogP contribution in [0.3, 0.4) is 0 Å². The maximum atomic E-state index is 5.70. The van der Waals surface area contributed by atoms with Crippen molar-refractivity contribution in [3.05, 3.63) is 41.7 Å². The molecular formula is C19H24N2O. The first-order valence-corrected chi connectivity index (χ1v) is 8.39. The van der Waals surface area contributed by atoms with E-state index in [9.17, 15) is 0 Å². The molecule has 2 aromatic rings. The lowest BCUT2D eigenvalue weighted by molar-refractivity contribution is -0.0243. The number of morpholine rings is 1. The molecule has 1 aromatic heterocycles. The van der Waals surface area contributed by atoms with Crippen molar-refractivity contribution in [2.45, 2.75) is 44.7 Å². The predicted octanol–water partition coefficient (Wildman–Crippen LogP) is 3.72. The number of rotatable bonds is 3. The average molecular weight is 296 g/mol. The van der Waals surface area contributed by atoms with Gasteiger partial charge in [0.25, 0.3) is 0 Å². The van der Waals surface area contributed by atoms with Crippen LogP contribution in [0.1, 0.15) is 43.9 Å². The van der Waals surface area contributed by atoms with E-state index >= 15 is 0 Å². The van der Waals surface area contributed by atoms with Gasteiger partial charge in [-0.05, 0) is 29.7 Å². The molecule has 0 bridgehead atoms. The third kappa shape index (κ3) is 2.33. The molecule has 1 aliphatic heterocycles. The Hall–Kier alpha value is -1.45. The molecule has 3 nitrogen and oxygen atoms in total. The summed E-state index contributed by atoms with van der Waals surface area (Å²) < 4.78 is 5.70. The molecule has 0 N–H and O–H groups in total. The molecular weight excluding hydrogens is 272 g/mol. The second kappa shape index (κ2) is 5.32. The highest BCUT2D eigenvalue weighted by Crippen LogP contribution is 2.44. The van der Waals surface area contributed by atoms with Gasteiger partial charge >= 0.3 is 0 Å². The van der Waals surface area contributed by atoms with E-state index in [1.807, 2.05) is 0 Å². The Morgan fingerprint density at radius 3 is 2.73 bits per heavy atom. The Kier molecular flexibility index (Phi) is 3.43. The fourth-order valence-electron chi connectivity index (χ4n) is 3.68. The van der Waals surface area contributed by atoms with Crippen LogP contribution in [0.4, 0.5) is 0 Å². The summed E-state index contributed by atoms with van der Waals surface area (Å²) in [5.41, 5.74) is 2.89. The van der Waals surface area contributed by atoms with Crippen molar-refractivity contribution in [3.8, 4) is 0 Å². The Labute approximate surface area is 132 Å². The Morgan fingerprint density at radius 2 is 2.00 bits per heavy atom. The van der Waals surface area contributed by atoms with Crippen molar-refractivity contribution in [1.29, 1.82) is 0 Å². The number of hydrogen-bond donors (Lipinski definition) is 0. The van der Waals surface area contributed by atoms with Crippen LogP contribution in [0.15, 0.2) is 30.5 Å². The molecule has 0 radical (unpaired) electrons. The number of aromatic nitrogens is 1. The van der Waals surface area contributed by atoms with Crippen LogP contribution < -0.4 is 0 Å². The predicted molar refractivity (Wildman–Crippen MR) is 89.0 cm³/mol. The Bertz CT molecular complexity index is 691. The summed E-state index contributed by atoms with van der Waals surface area (Å²) in [6.07, 6.45) is 4.66. The minimum Gasteiger partial charge on any atom is -0.378 e. The van der Waals surface area contributed by atoms with E-state index in [2.05, 4.69) is 49.2 Å². The van der Waals surface area contributed by atoms with E-state index < -0.39 is 0 Å². The van der Waals surface area contributed by atoms with Gasteiger partial charge in [-0.25, -0.2) is 0 Å². The molecule has 0 unspecified atom stereocenters. The standard InChI is InChI=1S/C19H24N2O/c1-14(2)18-17-6-4-3-5-16(17)15(11-20-18)12-21-9-10-22-13-19(21)7-8-19/h3-6,11,14H,7-10,12-13H2,1-2H3. The van der Waals surface area contributed by atoms with E-state index in [-0.39, 0.29) is 0 Å². The van der Waals surface area contributed by atoms with Gasteiger partial charge < -0.3 is 4.74 Å². The number of nitrogens with zero attached hydrogens (tertiary/aromatic N) is 2. The maximum absolute atomic E-state index is 5.70. The molecule has 0 atom stereocenters. The van der Waals surface area contributed by atoms with E-state index in [1.54, 1.807) is 0 Å². The molecule has 1 spiro atoms.